The van der Waals surface area contributed by atoms with E-state index in [1.165, 1.54) is 0 Å². The highest BCUT2D eigenvalue weighted by atomic mass is 16.5. The molecule has 3 rings (SSSR count). The van der Waals surface area contributed by atoms with Gasteiger partial charge in [0.05, 0.1) is 5.56 Å². The Morgan fingerprint density at radius 2 is 1.74 bits per heavy atom. The van der Waals surface area contributed by atoms with Crippen molar-refractivity contribution in [2.75, 3.05) is 13.1 Å². The zero-order valence-corrected chi connectivity index (χ0v) is 16.0. The summed E-state index contributed by atoms with van der Waals surface area (Å²) in [5.74, 6) is 0.325. The van der Waals surface area contributed by atoms with Crippen LogP contribution in [0.5, 0.6) is 5.75 Å². The first kappa shape index (κ1) is 19.1. The van der Waals surface area contributed by atoms with Crippen molar-refractivity contribution in [2.24, 2.45) is 5.10 Å². The second-order valence-electron chi connectivity index (χ2n) is 7.02. The summed E-state index contributed by atoms with van der Waals surface area (Å²) in [5.41, 5.74) is 5.30. The van der Waals surface area contributed by atoms with E-state index in [2.05, 4.69) is 29.3 Å². The minimum Gasteiger partial charge on any atom is -0.488 e. The zero-order valence-electron chi connectivity index (χ0n) is 16.0. The molecule has 0 aromatic heterocycles. The lowest BCUT2D eigenvalue weighted by Gasteiger charge is -2.30. The molecular formula is C22H27N3O2. The molecule has 1 amide bonds. The first-order chi connectivity index (χ1) is 13.1. The number of para-hydroxylation sites is 1. The average Bonchev–Trinajstić information content (AvgIpc) is 2.71. The van der Waals surface area contributed by atoms with Crippen LogP contribution in [0.4, 0.5) is 0 Å². The quantitative estimate of drug-likeness (QED) is 0.791. The van der Waals surface area contributed by atoms with Crippen molar-refractivity contribution in [1.29, 1.82) is 0 Å². The number of ether oxygens (including phenoxy) is 1. The largest absolute Gasteiger partial charge is 0.488 e. The van der Waals surface area contributed by atoms with E-state index in [0.717, 1.165) is 37.2 Å². The third-order valence-electron chi connectivity index (χ3n) is 4.79. The van der Waals surface area contributed by atoms with Crippen molar-refractivity contribution in [3.8, 4) is 5.75 Å². The predicted octanol–water partition coefficient (Wildman–Crippen LogP) is 3.86. The molecule has 1 saturated heterocycles. The van der Waals surface area contributed by atoms with Gasteiger partial charge in [-0.25, -0.2) is 5.43 Å². The van der Waals surface area contributed by atoms with Gasteiger partial charge >= 0.3 is 0 Å². The van der Waals surface area contributed by atoms with Crippen LogP contribution in [-0.4, -0.2) is 35.7 Å². The van der Waals surface area contributed by atoms with Crippen molar-refractivity contribution >= 4 is 11.6 Å². The number of hydrogen-bond donors (Lipinski definition) is 1. The molecule has 1 aliphatic rings. The molecule has 142 valence electrons. The summed E-state index contributed by atoms with van der Waals surface area (Å²) in [5, 5.41) is 4.35. The summed E-state index contributed by atoms with van der Waals surface area (Å²) in [7, 11) is 0. The fraction of sp³-hybridized carbons (Fsp3) is 0.364. The Bertz CT molecular complexity index is 777. The number of rotatable bonds is 6. The number of piperidine rings is 1. The van der Waals surface area contributed by atoms with Crippen LogP contribution in [0.3, 0.4) is 0 Å². The summed E-state index contributed by atoms with van der Waals surface area (Å²) in [6, 6.07) is 17.7. The van der Waals surface area contributed by atoms with Gasteiger partial charge in [0.2, 0.25) is 0 Å². The smallest absolute Gasteiger partial charge is 0.275 e. The average molecular weight is 365 g/mol. The fourth-order valence-electron chi connectivity index (χ4n) is 3.12. The van der Waals surface area contributed by atoms with Gasteiger partial charge in [-0.05, 0) is 31.5 Å². The molecule has 5 heteroatoms. The molecule has 0 spiro atoms. The monoisotopic (exact) mass is 365 g/mol. The molecule has 0 aliphatic carbocycles. The first-order valence-electron chi connectivity index (χ1n) is 9.49. The van der Waals surface area contributed by atoms with Crippen LogP contribution in [0.15, 0.2) is 59.7 Å². The Hall–Kier alpha value is -2.66. The number of likely N-dealkylation sites (tertiary alicyclic amines) is 1. The summed E-state index contributed by atoms with van der Waals surface area (Å²) >= 11 is 0. The van der Waals surface area contributed by atoms with E-state index in [9.17, 15) is 4.79 Å². The summed E-state index contributed by atoms with van der Waals surface area (Å²) in [6.45, 7) is 6.81. The molecule has 5 nitrogen and oxygen atoms in total. The van der Waals surface area contributed by atoms with E-state index in [0.29, 0.717) is 24.0 Å². The number of hydrogen-bond acceptors (Lipinski definition) is 4. The second kappa shape index (κ2) is 9.33. The van der Waals surface area contributed by atoms with Gasteiger partial charge in [0, 0.05) is 37.7 Å². The van der Waals surface area contributed by atoms with Gasteiger partial charge in [0.1, 0.15) is 12.4 Å². The normalized spacial score (nSPS) is 14.9. The Kier molecular flexibility index (Phi) is 6.60. The Balaban J connectivity index is 1.59. The van der Waals surface area contributed by atoms with Crippen molar-refractivity contribution in [1.82, 2.24) is 10.3 Å². The topological polar surface area (TPSA) is 53.9 Å². The molecule has 1 fully saturated rings. The number of benzene rings is 2. The van der Waals surface area contributed by atoms with Crippen LogP contribution in [0, 0.1) is 0 Å². The van der Waals surface area contributed by atoms with Crippen LogP contribution in [0.2, 0.25) is 0 Å². The standard InChI is InChI=1S/C22H27N3O2/c1-17(2)25-14-12-19(13-15-25)23-24-22(26)20-10-6-7-11-21(20)27-16-18-8-4-3-5-9-18/h3-11,17H,12-16H2,1-2H3,(H,24,26). The van der Waals surface area contributed by atoms with Crippen LogP contribution < -0.4 is 10.2 Å². The van der Waals surface area contributed by atoms with Gasteiger partial charge in [-0.3, -0.25) is 4.79 Å². The van der Waals surface area contributed by atoms with Crippen LogP contribution in [-0.2, 0) is 6.61 Å². The van der Waals surface area contributed by atoms with Gasteiger partial charge < -0.3 is 9.64 Å². The van der Waals surface area contributed by atoms with Gasteiger partial charge in [-0.2, -0.15) is 5.10 Å². The highest BCUT2D eigenvalue weighted by molar-refractivity contribution is 5.98. The van der Waals surface area contributed by atoms with E-state index >= 15 is 0 Å². The van der Waals surface area contributed by atoms with Crippen LogP contribution in [0.1, 0.15) is 42.6 Å². The maximum atomic E-state index is 12.6. The molecule has 1 N–H and O–H groups in total. The highest BCUT2D eigenvalue weighted by Crippen LogP contribution is 2.19. The van der Waals surface area contributed by atoms with Crippen molar-refractivity contribution < 1.29 is 9.53 Å². The third-order valence-corrected chi connectivity index (χ3v) is 4.79. The molecule has 0 saturated carbocycles. The van der Waals surface area contributed by atoms with E-state index in [1.807, 2.05) is 48.5 Å². The predicted molar refractivity (Wildman–Crippen MR) is 108 cm³/mol. The lowest BCUT2D eigenvalue weighted by molar-refractivity contribution is 0.0949. The Morgan fingerprint density at radius 1 is 1.07 bits per heavy atom. The molecule has 0 atom stereocenters. The number of carbonyl (C=O) groups is 1. The number of nitrogens with one attached hydrogen (secondary N) is 1. The minimum atomic E-state index is -0.238. The lowest BCUT2D eigenvalue weighted by Crippen LogP contribution is -2.39. The Labute approximate surface area is 161 Å². The second-order valence-corrected chi connectivity index (χ2v) is 7.02. The third kappa shape index (κ3) is 5.41. The van der Waals surface area contributed by atoms with Gasteiger partial charge in [-0.15, -0.1) is 0 Å². The first-order valence-corrected chi connectivity index (χ1v) is 9.49. The fourth-order valence-corrected chi connectivity index (χ4v) is 3.12. The molecule has 0 bridgehead atoms. The Morgan fingerprint density at radius 3 is 2.44 bits per heavy atom. The van der Waals surface area contributed by atoms with Crippen LogP contribution in [0.25, 0.3) is 0 Å². The van der Waals surface area contributed by atoms with Gasteiger partial charge in [0.25, 0.3) is 5.91 Å². The molecule has 1 aliphatic heterocycles. The van der Waals surface area contributed by atoms with Crippen molar-refractivity contribution in [2.45, 2.75) is 39.3 Å². The SMILES string of the molecule is CC(C)N1CCC(=NNC(=O)c2ccccc2OCc2ccccc2)CC1. The van der Waals surface area contributed by atoms with E-state index < -0.39 is 0 Å². The zero-order chi connectivity index (χ0) is 19.1. The molecule has 0 unspecified atom stereocenters. The number of amides is 1. The summed E-state index contributed by atoms with van der Waals surface area (Å²) in [6.07, 6.45) is 1.79. The number of carbonyl (C=O) groups excluding carboxylic acids is 1. The molecule has 2 aromatic carbocycles. The summed E-state index contributed by atoms with van der Waals surface area (Å²) < 4.78 is 5.86. The van der Waals surface area contributed by atoms with Crippen molar-refractivity contribution in [3.05, 3.63) is 65.7 Å². The van der Waals surface area contributed by atoms with Gasteiger partial charge in [-0.1, -0.05) is 42.5 Å². The molecule has 27 heavy (non-hydrogen) atoms. The van der Waals surface area contributed by atoms with E-state index in [4.69, 9.17) is 4.74 Å². The number of hydrazone groups is 1. The molecule has 0 radical (unpaired) electrons. The van der Waals surface area contributed by atoms with E-state index in [1.54, 1.807) is 6.07 Å². The maximum Gasteiger partial charge on any atom is 0.275 e. The van der Waals surface area contributed by atoms with E-state index in [-0.39, 0.29) is 5.91 Å². The molecule has 1 heterocycles. The lowest BCUT2D eigenvalue weighted by atomic mass is 10.1. The maximum absolute atomic E-state index is 12.6. The van der Waals surface area contributed by atoms with Crippen LogP contribution >= 0.6 is 0 Å². The molecular weight excluding hydrogens is 338 g/mol. The number of nitrogens with zero attached hydrogens (tertiary/aromatic N) is 2. The minimum absolute atomic E-state index is 0.238. The summed E-state index contributed by atoms with van der Waals surface area (Å²) in [4.78, 5) is 15.0. The van der Waals surface area contributed by atoms with Crippen molar-refractivity contribution in [3.63, 3.8) is 0 Å². The molecule has 2 aromatic rings. The highest BCUT2D eigenvalue weighted by Gasteiger charge is 2.18. The van der Waals surface area contributed by atoms with Gasteiger partial charge in [0.15, 0.2) is 0 Å².